The first-order valence-electron chi connectivity index (χ1n) is 13.9. The third kappa shape index (κ3) is 2.00. The summed E-state index contributed by atoms with van der Waals surface area (Å²) in [6, 6.07) is 42.1. The Morgan fingerprint density at radius 3 is 2.08 bits per heavy atom. The normalized spacial score (nSPS) is 13.4. The molecule has 2 aliphatic heterocycles. The van der Waals surface area contributed by atoms with Crippen LogP contribution in [0.4, 0.5) is 0 Å². The summed E-state index contributed by atoms with van der Waals surface area (Å²) in [7, 11) is 0. The van der Waals surface area contributed by atoms with E-state index >= 15 is 0 Å². The highest BCUT2D eigenvalue weighted by atomic mass is 16.3. The van der Waals surface area contributed by atoms with Gasteiger partial charge < -0.3 is 13.6 Å². The molecule has 3 nitrogen and oxygen atoms in total. The van der Waals surface area contributed by atoms with Crippen LogP contribution in [0.15, 0.2) is 120 Å². The Morgan fingerprint density at radius 2 is 1.18 bits per heavy atom. The standard InChI is InChI=1S/C36H19BN2O/c1-5-16-26-20(10-1)21-13-9-15-25-33(21)39(26)35-31-23-12-3-8-19-29(23)40-36(31)30-22-11-2-6-17-27(22)38-28-18-7-4-14-24(28)37(25)32(35)34(30)38/h1-19H. The Labute approximate surface area is 228 Å². The molecule has 40 heavy (non-hydrogen) atoms. The number of aromatic nitrogens is 2. The first kappa shape index (κ1) is 19.8. The quantitative estimate of drug-likeness (QED) is 0.205. The van der Waals surface area contributed by atoms with Crippen molar-refractivity contribution >= 4 is 88.7 Å². The maximum absolute atomic E-state index is 6.85. The lowest BCUT2D eigenvalue weighted by Crippen LogP contribution is -2.59. The van der Waals surface area contributed by atoms with E-state index < -0.39 is 0 Å². The van der Waals surface area contributed by atoms with E-state index in [1.165, 1.54) is 82.1 Å². The van der Waals surface area contributed by atoms with Crippen LogP contribution in [0.1, 0.15) is 0 Å². The van der Waals surface area contributed by atoms with Crippen molar-refractivity contribution in [3.8, 4) is 11.4 Å². The molecule has 0 N–H and O–H groups in total. The lowest BCUT2D eigenvalue weighted by Gasteiger charge is -2.33. The first-order valence-corrected chi connectivity index (χ1v) is 13.9. The van der Waals surface area contributed by atoms with Gasteiger partial charge >= 0.3 is 0 Å². The molecule has 0 spiro atoms. The SMILES string of the molecule is c1ccc2c(c1)B1c3cccc4c5ccccc5n(c34)-c3c1c1c(c4ccccc4n1-2)c1oc2ccccc2c31. The number of fused-ring (bicyclic) bond motifs is 16. The molecular formula is C36H19BN2O. The van der Waals surface area contributed by atoms with E-state index in [1.807, 2.05) is 0 Å². The summed E-state index contributed by atoms with van der Waals surface area (Å²) in [5, 5.41) is 7.43. The van der Waals surface area contributed by atoms with E-state index in [1.54, 1.807) is 0 Å². The van der Waals surface area contributed by atoms with Gasteiger partial charge in [-0.2, -0.15) is 0 Å². The molecule has 0 radical (unpaired) electrons. The lowest BCUT2D eigenvalue weighted by atomic mass is 9.34. The van der Waals surface area contributed by atoms with Crippen LogP contribution >= 0.6 is 0 Å². The van der Waals surface area contributed by atoms with Crippen LogP contribution in [-0.4, -0.2) is 15.8 Å². The lowest BCUT2D eigenvalue weighted by molar-refractivity contribution is 0.673. The predicted molar refractivity (Wildman–Crippen MR) is 167 cm³/mol. The van der Waals surface area contributed by atoms with Crippen LogP contribution < -0.4 is 16.4 Å². The molecule has 9 aromatic rings. The smallest absolute Gasteiger partial charge is 0.252 e. The van der Waals surface area contributed by atoms with Gasteiger partial charge in [0.05, 0.1) is 33.0 Å². The van der Waals surface area contributed by atoms with E-state index in [9.17, 15) is 0 Å². The Morgan fingerprint density at radius 1 is 0.500 bits per heavy atom. The first-order chi connectivity index (χ1) is 19.9. The van der Waals surface area contributed by atoms with Crippen LogP contribution in [0.5, 0.6) is 0 Å². The zero-order valence-electron chi connectivity index (χ0n) is 21.3. The number of furan rings is 1. The van der Waals surface area contributed by atoms with Gasteiger partial charge in [-0.05, 0) is 40.7 Å². The van der Waals surface area contributed by atoms with Crippen molar-refractivity contribution in [2.45, 2.75) is 0 Å². The summed E-state index contributed by atoms with van der Waals surface area (Å²) < 4.78 is 11.9. The molecule has 0 aliphatic carbocycles. The van der Waals surface area contributed by atoms with Crippen LogP contribution in [0.2, 0.25) is 0 Å². The molecule has 182 valence electrons. The number of benzene rings is 6. The molecule has 6 aromatic carbocycles. The molecule has 0 saturated carbocycles. The van der Waals surface area contributed by atoms with Crippen molar-refractivity contribution in [2.24, 2.45) is 0 Å². The third-order valence-electron chi connectivity index (χ3n) is 9.48. The third-order valence-corrected chi connectivity index (χ3v) is 9.48. The average Bonchev–Trinajstić information content (AvgIpc) is 3.67. The second kappa shape index (κ2) is 6.49. The molecule has 2 aliphatic rings. The van der Waals surface area contributed by atoms with Gasteiger partial charge in [0, 0.05) is 32.7 Å². The summed E-state index contributed by atoms with van der Waals surface area (Å²) in [4.78, 5) is 0. The monoisotopic (exact) mass is 506 g/mol. The summed E-state index contributed by atoms with van der Waals surface area (Å²) in [5.74, 6) is 0. The van der Waals surface area contributed by atoms with Gasteiger partial charge in [-0.3, -0.25) is 0 Å². The average molecular weight is 506 g/mol. The molecule has 5 heterocycles. The summed E-state index contributed by atoms with van der Waals surface area (Å²) in [5.41, 5.74) is 13.6. The zero-order valence-corrected chi connectivity index (χ0v) is 21.3. The van der Waals surface area contributed by atoms with E-state index in [2.05, 4.69) is 124 Å². The van der Waals surface area contributed by atoms with Gasteiger partial charge in [0.1, 0.15) is 11.2 Å². The van der Waals surface area contributed by atoms with Crippen molar-refractivity contribution in [3.63, 3.8) is 0 Å². The molecular weight excluding hydrogens is 487 g/mol. The maximum Gasteiger partial charge on any atom is 0.252 e. The number of para-hydroxylation sites is 5. The summed E-state index contributed by atoms with van der Waals surface area (Å²) in [6.07, 6.45) is 0. The maximum atomic E-state index is 6.85. The van der Waals surface area contributed by atoms with Crippen molar-refractivity contribution in [3.05, 3.63) is 115 Å². The van der Waals surface area contributed by atoms with Gasteiger partial charge in [-0.25, -0.2) is 0 Å². The topological polar surface area (TPSA) is 23.0 Å². The Balaban J connectivity index is 1.56. The van der Waals surface area contributed by atoms with Crippen molar-refractivity contribution in [1.29, 1.82) is 0 Å². The summed E-state index contributed by atoms with van der Waals surface area (Å²) in [6.45, 7) is 0.129. The molecule has 0 unspecified atom stereocenters. The van der Waals surface area contributed by atoms with Crippen LogP contribution in [0.3, 0.4) is 0 Å². The number of hydrogen-bond donors (Lipinski definition) is 0. The Bertz CT molecular complexity index is 2610. The fourth-order valence-corrected chi connectivity index (χ4v) is 8.11. The number of nitrogens with zero attached hydrogens (tertiary/aromatic N) is 2. The van der Waals surface area contributed by atoms with Crippen LogP contribution in [-0.2, 0) is 0 Å². The number of hydrogen-bond acceptors (Lipinski definition) is 1. The van der Waals surface area contributed by atoms with Crippen molar-refractivity contribution in [2.75, 3.05) is 0 Å². The Hall–Kier alpha value is -5.22. The fourth-order valence-electron chi connectivity index (χ4n) is 8.11. The van der Waals surface area contributed by atoms with E-state index in [0.717, 1.165) is 11.2 Å². The second-order valence-corrected chi connectivity index (χ2v) is 11.2. The van der Waals surface area contributed by atoms with E-state index in [-0.39, 0.29) is 6.71 Å². The van der Waals surface area contributed by atoms with Gasteiger partial charge in [0.25, 0.3) is 6.71 Å². The fraction of sp³-hybridized carbons (Fsp3) is 0. The zero-order chi connectivity index (χ0) is 25.7. The molecule has 0 bridgehead atoms. The highest BCUT2D eigenvalue weighted by Crippen LogP contribution is 2.46. The largest absolute Gasteiger partial charge is 0.455 e. The van der Waals surface area contributed by atoms with Crippen LogP contribution in [0.25, 0.3) is 76.9 Å². The van der Waals surface area contributed by atoms with E-state index in [4.69, 9.17) is 4.42 Å². The highest BCUT2D eigenvalue weighted by molar-refractivity contribution is 7.00. The molecule has 11 rings (SSSR count). The number of rotatable bonds is 0. The highest BCUT2D eigenvalue weighted by Gasteiger charge is 2.42. The van der Waals surface area contributed by atoms with Gasteiger partial charge in [0.2, 0.25) is 0 Å². The van der Waals surface area contributed by atoms with Gasteiger partial charge in [-0.1, -0.05) is 91.0 Å². The molecule has 4 heteroatoms. The molecule has 0 amide bonds. The predicted octanol–water partition coefficient (Wildman–Crippen LogP) is 6.92. The van der Waals surface area contributed by atoms with Gasteiger partial charge in [0.15, 0.2) is 0 Å². The van der Waals surface area contributed by atoms with Crippen LogP contribution in [0, 0.1) is 0 Å². The summed E-state index contributed by atoms with van der Waals surface area (Å²) >= 11 is 0. The molecule has 0 atom stereocenters. The van der Waals surface area contributed by atoms with Crippen molar-refractivity contribution < 1.29 is 4.42 Å². The minimum atomic E-state index is 0.129. The van der Waals surface area contributed by atoms with E-state index in [0.29, 0.717) is 0 Å². The molecule has 0 fully saturated rings. The van der Waals surface area contributed by atoms with Gasteiger partial charge in [-0.15, -0.1) is 0 Å². The molecule has 0 saturated heterocycles. The Kier molecular flexibility index (Phi) is 3.21. The molecule has 3 aromatic heterocycles. The minimum absolute atomic E-state index is 0.129. The minimum Gasteiger partial charge on any atom is -0.455 e. The van der Waals surface area contributed by atoms with Crippen molar-refractivity contribution in [1.82, 2.24) is 9.13 Å². The second-order valence-electron chi connectivity index (χ2n) is 11.2.